The third kappa shape index (κ3) is 4.97. The second kappa shape index (κ2) is 7.69. The number of nitrogens with two attached hydrogens (primary N) is 1. The largest absolute Gasteiger partial charge is 0.457 e. The molecule has 7 heteroatoms. The summed E-state index contributed by atoms with van der Waals surface area (Å²) in [5, 5.41) is 0. The first-order chi connectivity index (χ1) is 12.1. The van der Waals surface area contributed by atoms with E-state index in [9.17, 15) is 4.21 Å². The van der Waals surface area contributed by atoms with E-state index in [1.54, 1.807) is 72.8 Å². The molecule has 25 heavy (non-hydrogen) atoms. The third-order valence-corrected chi connectivity index (χ3v) is 3.65. The molecule has 0 aliphatic rings. The van der Waals surface area contributed by atoms with Crippen molar-refractivity contribution in [2.45, 2.75) is 0 Å². The summed E-state index contributed by atoms with van der Waals surface area (Å²) >= 11 is -2.09. The first-order valence-electron chi connectivity index (χ1n) is 7.37. The maximum atomic E-state index is 10.7. The average molecular weight is 356 g/mol. The Balaban J connectivity index is 1.62. The predicted molar refractivity (Wildman–Crippen MR) is 98.3 cm³/mol. The van der Waals surface area contributed by atoms with Gasteiger partial charge in [-0.2, -0.15) is 0 Å². The van der Waals surface area contributed by atoms with E-state index in [0.29, 0.717) is 34.4 Å². The minimum absolute atomic E-state index is 0.528. The summed E-state index contributed by atoms with van der Waals surface area (Å²) in [4.78, 5) is 0. The maximum Gasteiger partial charge on any atom is 0.259 e. The van der Waals surface area contributed by atoms with Gasteiger partial charge in [0.1, 0.15) is 23.0 Å². The Morgan fingerprint density at radius 2 is 1.08 bits per heavy atom. The molecule has 0 spiro atoms. The van der Waals surface area contributed by atoms with Gasteiger partial charge in [-0.1, -0.05) is 0 Å². The van der Waals surface area contributed by atoms with Crippen molar-refractivity contribution in [3.8, 4) is 23.0 Å². The van der Waals surface area contributed by atoms with E-state index in [4.69, 9.17) is 19.8 Å². The molecule has 0 saturated heterocycles. The summed E-state index contributed by atoms with van der Waals surface area (Å²) in [6.07, 6.45) is 0. The van der Waals surface area contributed by atoms with E-state index in [1.165, 1.54) is 0 Å². The summed E-state index contributed by atoms with van der Waals surface area (Å²) in [5.41, 5.74) is 6.85. The highest BCUT2D eigenvalue weighted by molar-refractivity contribution is 7.80. The van der Waals surface area contributed by atoms with Crippen molar-refractivity contribution in [2.75, 3.05) is 10.5 Å². The molecule has 0 saturated carbocycles. The first-order valence-corrected chi connectivity index (χ1v) is 8.48. The minimum Gasteiger partial charge on any atom is -0.457 e. The number of hydrogen-bond donors (Lipinski definition) is 3. The summed E-state index contributed by atoms with van der Waals surface area (Å²) in [5.74, 6) is 2.65. The molecule has 0 radical (unpaired) electrons. The number of anilines is 2. The van der Waals surface area contributed by atoms with Crippen LogP contribution in [0.3, 0.4) is 0 Å². The molecule has 0 aliphatic heterocycles. The fourth-order valence-corrected chi connectivity index (χ4v) is 2.41. The predicted octanol–water partition coefficient (Wildman–Crippen LogP) is 4.40. The standard InChI is InChI=1S/C18H16N2O4S/c19-13-1-5-15(6-2-13)23-17-9-11-18(12-10-17)24-16-7-3-14(4-8-16)20-25(21)22/h1-12,20H,19H2,(H,21,22). The maximum absolute atomic E-state index is 10.7. The minimum atomic E-state index is -2.09. The average Bonchev–Trinajstić information content (AvgIpc) is 2.60. The van der Waals surface area contributed by atoms with Crippen molar-refractivity contribution in [3.63, 3.8) is 0 Å². The molecule has 0 bridgehead atoms. The molecule has 0 aliphatic carbocycles. The summed E-state index contributed by atoms with van der Waals surface area (Å²) in [6, 6.07) is 21.1. The zero-order valence-electron chi connectivity index (χ0n) is 13.1. The van der Waals surface area contributed by atoms with Crippen molar-refractivity contribution in [1.29, 1.82) is 0 Å². The van der Waals surface area contributed by atoms with E-state index in [1.807, 2.05) is 0 Å². The van der Waals surface area contributed by atoms with E-state index in [0.717, 1.165) is 0 Å². The summed E-state index contributed by atoms with van der Waals surface area (Å²) in [6.45, 7) is 0. The van der Waals surface area contributed by atoms with Gasteiger partial charge in [-0.3, -0.25) is 9.27 Å². The number of nitrogens with one attached hydrogen (secondary N) is 1. The molecule has 0 aromatic heterocycles. The third-order valence-electron chi connectivity index (χ3n) is 3.23. The molecule has 0 fully saturated rings. The van der Waals surface area contributed by atoms with Gasteiger partial charge in [-0.15, -0.1) is 0 Å². The SMILES string of the molecule is Nc1ccc(Oc2ccc(Oc3ccc(NS(=O)O)cc3)cc2)cc1. The Hall–Kier alpha value is -3.03. The number of hydrogen-bond acceptors (Lipinski definition) is 4. The fourth-order valence-electron chi connectivity index (χ4n) is 2.08. The Morgan fingerprint density at radius 3 is 1.48 bits per heavy atom. The van der Waals surface area contributed by atoms with Crippen molar-refractivity contribution < 1.29 is 18.2 Å². The van der Waals surface area contributed by atoms with Crippen LogP contribution in [0.5, 0.6) is 23.0 Å². The normalized spacial score (nSPS) is 11.6. The number of rotatable bonds is 6. The monoisotopic (exact) mass is 356 g/mol. The van der Waals surface area contributed by atoms with Crippen LogP contribution >= 0.6 is 0 Å². The van der Waals surface area contributed by atoms with E-state index >= 15 is 0 Å². The molecule has 1 unspecified atom stereocenters. The highest BCUT2D eigenvalue weighted by Crippen LogP contribution is 2.27. The smallest absolute Gasteiger partial charge is 0.259 e. The highest BCUT2D eigenvalue weighted by atomic mass is 32.2. The Bertz CT molecular complexity index is 850. The lowest BCUT2D eigenvalue weighted by atomic mass is 10.3. The molecular weight excluding hydrogens is 340 g/mol. The van der Waals surface area contributed by atoms with Gasteiger partial charge in [0.05, 0.1) is 0 Å². The van der Waals surface area contributed by atoms with Gasteiger partial charge >= 0.3 is 0 Å². The second-order valence-corrected chi connectivity index (χ2v) is 5.82. The molecule has 3 rings (SSSR count). The Labute approximate surface area is 147 Å². The van der Waals surface area contributed by atoms with Gasteiger partial charge in [0.15, 0.2) is 0 Å². The van der Waals surface area contributed by atoms with Crippen molar-refractivity contribution in [3.05, 3.63) is 72.8 Å². The van der Waals surface area contributed by atoms with Gasteiger partial charge < -0.3 is 15.2 Å². The van der Waals surface area contributed by atoms with E-state index in [2.05, 4.69) is 4.72 Å². The molecule has 6 nitrogen and oxygen atoms in total. The fraction of sp³-hybridized carbons (Fsp3) is 0. The Kier molecular flexibility index (Phi) is 5.17. The van der Waals surface area contributed by atoms with Gasteiger partial charge in [0.2, 0.25) is 0 Å². The second-order valence-electron chi connectivity index (χ2n) is 5.12. The van der Waals surface area contributed by atoms with Gasteiger partial charge in [0, 0.05) is 11.4 Å². The lowest BCUT2D eigenvalue weighted by molar-refractivity contribution is 0.469. The topological polar surface area (TPSA) is 93.8 Å². The van der Waals surface area contributed by atoms with Gasteiger partial charge in [0.25, 0.3) is 11.3 Å². The van der Waals surface area contributed by atoms with Crippen LogP contribution in [0.25, 0.3) is 0 Å². The van der Waals surface area contributed by atoms with Crippen LogP contribution in [-0.4, -0.2) is 8.76 Å². The zero-order chi connectivity index (χ0) is 17.6. The van der Waals surface area contributed by atoms with E-state index < -0.39 is 11.3 Å². The van der Waals surface area contributed by atoms with Crippen molar-refractivity contribution in [2.24, 2.45) is 0 Å². The molecule has 0 heterocycles. The van der Waals surface area contributed by atoms with E-state index in [-0.39, 0.29) is 0 Å². The van der Waals surface area contributed by atoms with Crippen LogP contribution in [-0.2, 0) is 11.3 Å². The highest BCUT2D eigenvalue weighted by Gasteiger charge is 2.02. The van der Waals surface area contributed by atoms with Crippen LogP contribution in [0.2, 0.25) is 0 Å². The van der Waals surface area contributed by atoms with Crippen molar-refractivity contribution in [1.82, 2.24) is 0 Å². The molecule has 128 valence electrons. The zero-order valence-corrected chi connectivity index (χ0v) is 13.9. The molecule has 4 N–H and O–H groups in total. The molecule has 3 aromatic rings. The summed E-state index contributed by atoms with van der Waals surface area (Å²) < 4.78 is 33.3. The van der Waals surface area contributed by atoms with Gasteiger partial charge in [-0.05, 0) is 72.8 Å². The molecule has 1 atom stereocenters. The Morgan fingerprint density at radius 1 is 0.720 bits per heavy atom. The van der Waals surface area contributed by atoms with Crippen LogP contribution in [0.4, 0.5) is 11.4 Å². The van der Waals surface area contributed by atoms with Crippen LogP contribution < -0.4 is 19.9 Å². The molecule has 0 amide bonds. The molecular formula is C18H16N2O4S. The van der Waals surface area contributed by atoms with Crippen LogP contribution in [0, 0.1) is 0 Å². The van der Waals surface area contributed by atoms with Gasteiger partial charge in [-0.25, -0.2) is 4.21 Å². The van der Waals surface area contributed by atoms with Crippen molar-refractivity contribution >= 4 is 22.6 Å². The number of ether oxygens (including phenoxy) is 2. The van der Waals surface area contributed by atoms with Crippen LogP contribution in [0.1, 0.15) is 0 Å². The molecule has 3 aromatic carbocycles. The number of benzene rings is 3. The quantitative estimate of drug-likeness (QED) is 0.449. The first kappa shape index (κ1) is 16.8. The van der Waals surface area contributed by atoms with Crippen LogP contribution in [0.15, 0.2) is 72.8 Å². The number of nitrogen functional groups attached to an aromatic ring is 1. The summed E-state index contributed by atoms with van der Waals surface area (Å²) in [7, 11) is 0. The lowest BCUT2D eigenvalue weighted by Gasteiger charge is -2.09. The lowest BCUT2D eigenvalue weighted by Crippen LogP contribution is -2.01.